The fraction of sp³-hybridized carbons (Fsp3) is 0.143. The molecular weight excluding hydrogens is 260 g/mol. The van der Waals surface area contributed by atoms with Crippen molar-refractivity contribution < 1.29 is 19.1 Å². The number of amides is 1. The van der Waals surface area contributed by atoms with Crippen LogP contribution in [0, 0.1) is 0 Å². The molecule has 1 aromatic carbocycles. The fourth-order valence-corrected chi connectivity index (χ4v) is 1.75. The van der Waals surface area contributed by atoms with Gasteiger partial charge in [-0.3, -0.25) is 4.79 Å². The van der Waals surface area contributed by atoms with Gasteiger partial charge >= 0.3 is 5.97 Å². The van der Waals surface area contributed by atoms with E-state index in [1.165, 1.54) is 6.07 Å². The highest BCUT2D eigenvalue weighted by atomic mass is 16.4. The van der Waals surface area contributed by atoms with E-state index in [9.17, 15) is 14.7 Å². The molecule has 1 atom stereocenters. The molecule has 0 fully saturated rings. The van der Waals surface area contributed by atoms with Gasteiger partial charge in [-0.2, -0.15) is 0 Å². The molecule has 2 rings (SSSR count). The van der Waals surface area contributed by atoms with Gasteiger partial charge in [-0.05, 0) is 17.7 Å². The van der Waals surface area contributed by atoms with Crippen molar-refractivity contribution in [2.45, 2.75) is 12.6 Å². The maximum Gasteiger partial charge on any atom is 0.330 e. The molecule has 0 aliphatic carbocycles. The second kappa shape index (κ2) is 6.03. The first-order chi connectivity index (χ1) is 9.61. The van der Waals surface area contributed by atoms with E-state index in [0.29, 0.717) is 11.3 Å². The van der Waals surface area contributed by atoms with Gasteiger partial charge in [-0.25, -0.2) is 4.79 Å². The average molecular weight is 274 g/mol. The largest absolute Gasteiger partial charge is 0.479 e. The van der Waals surface area contributed by atoms with Gasteiger partial charge < -0.3 is 20.6 Å². The molecule has 1 aromatic heterocycles. The lowest BCUT2D eigenvalue weighted by molar-refractivity contribution is -0.139. The Labute approximate surface area is 115 Å². The number of carbonyl (C=O) groups is 2. The first kappa shape index (κ1) is 13.8. The van der Waals surface area contributed by atoms with Crippen LogP contribution in [0.4, 0.5) is 0 Å². The van der Waals surface area contributed by atoms with Crippen LogP contribution in [0.2, 0.25) is 0 Å². The van der Waals surface area contributed by atoms with Crippen LogP contribution < -0.4 is 11.1 Å². The summed E-state index contributed by atoms with van der Waals surface area (Å²) in [5.74, 6) is -1.24. The van der Waals surface area contributed by atoms with Crippen LogP contribution in [0.3, 0.4) is 0 Å². The van der Waals surface area contributed by atoms with Gasteiger partial charge in [0, 0.05) is 0 Å². The molecule has 0 spiro atoms. The van der Waals surface area contributed by atoms with Crippen molar-refractivity contribution in [3.8, 4) is 0 Å². The van der Waals surface area contributed by atoms with E-state index < -0.39 is 17.9 Å². The highest BCUT2D eigenvalue weighted by Crippen LogP contribution is 2.15. The van der Waals surface area contributed by atoms with Crippen molar-refractivity contribution in [1.82, 2.24) is 5.32 Å². The minimum atomic E-state index is -1.14. The highest BCUT2D eigenvalue weighted by Gasteiger charge is 2.23. The maximum atomic E-state index is 12.0. The summed E-state index contributed by atoms with van der Waals surface area (Å²) in [6.45, 7) is 0.175. The monoisotopic (exact) mass is 274 g/mol. The summed E-state index contributed by atoms with van der Waals surface area (Å²) in [5.41, 5.74) is 5.87. The number of rotatable bonds is 5. The first-order valence-corrected chi connectivity index (χ1v) is 5.99. The molecule has 20 heavy (non-hydrogen) atoms. The molecule has 104 valence electrons. The summed E-state index contributed by atoms with van der Waals surface area (Å²) in [6.07, 6.45) is 0. The maximum absolute atomic E-state index is 12.0. The topological polar surface area (TPSA) is 106 Å². The van der Waals surface area contributed by atoms with Gasteiger partial charge in [-0.15, -0.1) is 0 Å². The number of hydrogen-bond donors (Lipinski definition) is 3. The molecule has 0 aliphatic rings. The summed E-state index contributed by atoms with van der Waals surface area (Å²) < 4.78 is 5.18. The van der Waals surface area contributed by atoms with Crippen molar-refractivity contribution in [1.29, 1.82) is 0 Å². The molecule has 0 radical (unpaired) electrons. The zero-order valence-electron chi connectivity index (χ0n) is 10.6. The van der Waals surface area contributed by atoms with Crippen molar-refractivity contribution in [3.63, 3.8) is 0 Å². The van der Waals surface area contributed by atoms with Crippen LogP contribution in [0.1, 0.15) is 27.9 Å². The minimum Gasteiger partial charge on any atom is -0.479 e. The number of furan rings is 1. The Balaban J connectivity index is 2.16. The quantitative estimate of drug-likeness (QED) is 0.762. The number of carboxylic acids is 1. The molecule has 0 unspecified atom stereocenters. The second-order valence-electron chi connectivity index (χ2n) is 4.13. The fourth-order valence-electron chi connectivity index (χ4n) is 1.75. The average Bonchev–Trinajstić information content (AvgIpc) is 2.94. The van der Waals surface area contributed by atoms with E-state index in [-0.39, 0.29) is 12.3 Å². The van der Waals surface area contributed by atoms with E-state index in [4.69, 9.17) is 10.2 Å². The summed E-state index contributed by atoms with van der Waals surface area (Å²) in [6, 6.07) is 10.3. The Morgan fingerprint density at radius 1 is 1.20 bits per heavy atom. The van der Waals surface area contributed by atoms with Gasteiger partial charge in [0.1, 0.15) is 5.76 Å². The molecule has 2 aromatic rings. The number of nitrogens with two attached hydrogens (primary N) is 1. The smallest absolute Gasteiger partial charge is 0.330 e. The summed E-state index contributed by atoms with van der Waals surface area (Å²) in [5, 5.41) is 11.6. The molecule has 6 heteroatoms. The van der Waals surface area contributed by atoms with Crippen molar-refractivity contribution >= 4 is 11.9 Å². The first-order valence-electron chi connectivity index (χ1n) is 5.99. The van der Waals surface area contributed by atoms with Crippen LogP contribution >= 0.6 is 0 Å². The van der Waals surface area contributed by atoms with E-state index in [1.54, 1.807) is 36.4 Å². The molecule has 0 saturated carbocycles. The third-order valence-electron chi connectivity index (χ3n) is 2.74. The Kier molecular flexibility index (Phi) is 4.17. The summed E-state index contributed by atoms with van der Waals surface area (Å²) in [7, 11) is 0. The highest BCUT2D eigenvalue weighted by molar-refractivity contribution is 5.94. The molecule has 0 aliphatic heterocycles. The van der Waals surface area contributed by atoms with Crippen LogP contribution in [-0.4, -0.2) is 17.0 Å². The predicted octanol–water partition coefficient (Wildman–Crippen LogP) is 1.29. The van der Waals surface area contributed by atoms with Gasteiger partial charge in [0.2, 0.25) is 0 Å². The molecule has 0 saturated heterocycles. The molecular formula is C14H14N2O4. The van der Waals surface area contributed by atoms with E-state index in [1.807, 2.05) is 0 Å². The van der Waals surface area contributed by atoms with Gasteiger partial charge in [0.05, 0.1) is 6.54 Å². The number of aliphatic carboxylic acids is 1. The zero-order chi connectivity index (χ0) is 14.5. The van der Waals surface area contributed by atoms with Gasteiger partial charge in [0.15, 0.2) is 11.8 Å². The van der Waals surface area contributed by atoms with Crippen molar-refractivity contribution in [3.05, 3.63) is 59.5 Å². The van der Waals surface area contributed by atoms with E-state index in [0.717, 1.165) is 0 Å². The standard InChI is InChI=1S/C14H14N2O4/c15-8-10-6-7-11(20-10)13(17)16-12(14(18)19)9-4-2-1-3-5-9/h1-7,12H,8,15H2,(H,16,17)(H,18,19)/t12-/m0/s1. The number of carboxylic acid groups (broad SMARTS) is 1. The number of carbonyl (C=O) groups excluding carboxylic acids is 1. The van der Waals surface area contributed by atoms with Crippen LogP contribution in [0.15, 0.2) is 46.9 Å². The number of nitrogens with one attached hydrogen (secondary N) is 1. The number of benzene rings is 1. The van der Waals surface area contributed by atoms with E-state index in [2.05, 4.69) is 5.32 Å². The third-order valence-corrected chi connectivity index (χ3v) is 2.74. The molecule has 0 bridgehead atoms. The molecule has 1 amide bonds. The lowest BCUT2D eigenvalue weighted by Crippen LogP contribution is -2.33. The van der Waals surface area contributed by atoms with Crippen molar-refractivity contribution in [2.24, 2.45) is 5.73 Å². The Hall–Kier alpha value is -2.60. The molecule has 1 heterocycles. The lowest BCUT2D eigenvalue weighted by atomic mass is 10.1. The van der Waals surface area contributed by atoms with Crippen LogP contribution in [0.25, 0.3) is 0 Å². The lowest BCUT2D eigenvalue weighted by Gasteiger charge is -2.13. The number of hydrogen-bond acceptors (Lipinski definition) is 4. The normalized spacial score (nSPS) is 11.8. The minimum absolute atomic E-state index is 0.0348. The third kappa shape index (κ3) is 3.04. The van der Waals surface area contributed by atoms with Gasteiger partial charge in [-0.1, -0.05) is 30.3 Å². The molecule has 6 nitrogen and oxygen atoms in total. The van der Waals surface area contributed by atoms with E-state index >= 15 is 0 Å². The Bertz CT molecular complexity index is 607. The summed E-state index contributed by atoms with van der Waals surface area (Å²) >= 11 is 0. The van der Waals surface area contributed by atoms with Gasteiger partial charge in [0.25, 0.3) is 5.91 Å². The second-order valence-corrected chi connectivity index (χ2v) is 4.13. The van der Waals surface area contributed by atoms with Crippen molar-refractivity contribution in [2.75, 3.05) is 0 Å². The van der Waals surface area contributed by atoms with Crippen LogP contribution in [0.5, 0.6) is 0 Å². The van der Waals surface area contributed by atoms with Crippen LogP contribution in [-0.2, 0) is 11.3 Å². The Morgan fingerprint density at radius 3 is 2.45 bits per heavy atom. The zero-order valence-corrected chi connectivity index (χ0v) is 10.6. The SMILES string of the molecule is NCc1ccc(C(=O)N[C@H](C(=O)O)c2ccccc2)o1. The summed E-state index contributed by atoms with van der Waals surface area (Å²) in [4.78, 5) is 23.2. The Morgan fingerprint density at radius 2 is 1.90 bits per heavy atom. The molecule has 4 N–H and O–H groups in total. The predicted molar refractivity (Wildman–Crippen MR) is 70.9 cm³/mol.